The van der Waals surface area contributed by atoms with E-state index in [0.717, 1.165) is 0 Å². The van der Waals surface area contributed by atoms with Crippen LogP contribution in [0.15, 0.2) is 58.1 Å². The van der Waals surface area contributed by atoms with Crippen LogP contribution < -0.4 is 10.9 Å². The Bertz CT molecular complexity index is 1880. The maximum Gasteiger partial charge on any atom is 0.335 e. The first-order chi connectivity index (χ1) is 16.3. The van der Waals surface area contributed by atoms with Crippen LogP contribution in [0, 0.1) is 0 Å². The summed E-state index contributed by atoms with van der Waals surface area (Å²) in [7, 11) is 0. The molecule has 0 aliphatic rings. The molecule has 34 heavy (non-hydrogen) atoms. The van der Waals surface area contributed by atoms with E-state index in [1.54, 1.807) is 24.3 Å². The maximum absolute atomic E-state index is 12.9. The van der Waals surface area contributed by atoms with Crippen LogP contribution in [0.1, 0.15) is 20.7 Å². The smallest absolute Gasteiger partial charge is 0.335 e. The molecule has 0 amide bonds. The van der Waals surface area contributed by atoms with Crippen molar-refractivity contribution in [1.82, 2.24) is 9.97 Å². The van der Waals surface area contributed by atoms with E-state index in [9.17, 15) is 29.4 Å². The largest absolute Gasteiger partial charge is 0.478 e. The predicted octanol–water partition coefficient (Wildman–Crippen LogP) is 4.91. The maximum atomic E-state index is 12.9. The van der Waals surface area contributed by atoms with Gasteiger partial charge in [-0.25, -0.2) is 9.59 Å². The number of aromatic nitrogens is 2. The van der Waals surface area contributed by atoms with Gasteiger partial charge in [0.2, 0.25) is 0 Å². The molecule has 0 radical (unpaired) electrons. The number of hydrogen-bond acceptors (Lipinski definition) is 6. The van der Waals surface area contributed by atoms with Gasteiger partial charge in [-0.3, -0.25) is 9.59 Å². The number of carbonyl (C=O) groups is 2. The highest BCUT2D eigenvalue weighted by atomic mass is 32.1. The van der Waals surface area contributed by atoms with E-state index in [2.05, 4.69) is 9.97 Å². The number of nitrogens with one attached hydrogen (secondary N) is 2. The van der Waals surface area contributed by atoms with Crippen LogP contribution >= 0.6 is 22.7 Å². The van der Waals surface area contributed by atoms with Crippen LogP contribution in [-0.4, -0.2) is 32.1 Å². The average molecular weight is 489 g/mol. The van der Waals surface area contributed by atoms with Crippen LogP contribution in [-0.2, 0) is 0 Å². The van der Waals surface area contributed by atoms with E-state index in [1.807, 2.05) is 0 Å². The lowest BCUT2D eigenvalue weighted by Crippen LogP contribution is -2.11. The Morgan fingerprint density at radius 3 is 1.44 bits per heavy atom. The first-order valence-electron chi connectivity index (χ1n) is 9.97. The highest BCUT2D eigenvalue weighted by Crippen LogP contribution is 2.39. The number of hydrogen-bond donors (Lipinski definition) is 4. The number of fused-ring (bicyclic) bond motifs is 8. The highest BCUT2D eigenvalue weighted by molar-refractivity contribution is 7.32. The number of carboxylic acid groups (broad SMARTS) is 2. The molecule has 0 atom stereocenters. The number of H-pyrrole nitrogens is 2. The fraction of sp³-hybridized carbons (Fsp3) is 0. The van der Waals surface area contributed by atoms with E-state index >= 15 is 0 Å². The van der Waals surface area contributed by atoms with Crippen molar-refractivity contribution in [3.05, 3.63) is 80.1 Å². The minimum atomic E-state index is -1.06. The Labute approximate surface area is 196 Å². The number of benzene rings is 4. The minimum Gasteiger partial charge on any atom is -0.478 e. The van der Waals surface area contributed by atoms with Crippen molar-refractivity contribution in [2.24, 2.45) is 0 Å². The van der Waals surface area contributed by atoms with Crippen molar-refractivity contribution in [2.75, 3.05) is 0 Å². The Balaban J connectivity index is 1.90. The molecule has 0 fully saturated rings. The third-order valence-electron chi connectivity index (χ3n) is 5.69. The monoisotopic (exact) mass is 488 g/mol. The van der Waals surface area contributed by atoms with Crippen LogP contribution in [0.25, 0.3) is 51.6 Å². The van der Waals surface area contributed by atoms with E-state index < -0.39 is 11.9 Å². The van der Waals surface area contributed by atoms with Gasteiger partial charge in [-0.2, -0.15) is 0 Å². The fourth-order valence-corrected chi connectivity index (χ4v) is 6.54. The SMILES string of the molecule is O=C(O)c1ccc2[nH]c3c(sc2c1)c1sc2cc(C(=O)O)ccc2[nH]c1c1c(=O)ccc(=O)c31. The molecule has 6 aromatic rings. The van der Waals surface area contributed by atoms with Gasteiger partial charge in [0, 0.05) is 0 Å². The first kappa shape index (κ1) is 20.3. The fourth-order valence-electron chi connectivity index (χ4n) is 4.12. The second-order valence-corrected chi connectivity index (χ2v) is 9.81. The lowest BCUT2D eigenvalue weighted by Gasteiger charge is -2.12. The second-order valence-electron chi connectivity index (χ2n) is 7.71. The molecular weight excluding hydrogens is 476 g/mol. The van der Waals surface area contributed by atoms with Crippen molar-refractivity contribution in [2.45, 2.75) is 0 Å². The zero-order valence-corrected chi connectivity index (χ0v) is 18.6. The summed E-state index contributed by atoms with van der Waals surface area (Å²) in [4.78, 5) is 55.3. The molecule has 4 N–H and O–H groups in total. The summed E-state index contributed by atoms with van der Waals surface area (Å²) in [6, 6.07) is 11.8. The Morgan fingerprint density at radius 1 is 0.647 bits per heavy atom. The molecule has 2 aromatic heterocycles. The quantitative estimate of drug-likeness (QED) is 0.202. The van der Waals surface area contributed by atoms with Gasteiger partial charge in [0.1, 0.15) is 0 Å². The van der Waals surface area contributed by atoms with Crippen molar-refractivity contribution < 1.29 is 19.8 Å². The lowest BCUT2D eigenvalue weighted by atomic mass is 10.1. The molecule has 6 rings (SSSR count). The predicted molar refractivity (Wildman–Crippen MR) is 134 cm³/mol. The summed E-state index contributed by atoms with van der Waals surface area (Å²) in [5.74, 6) is -2.11. The Hall–Kier alpha value is -4.28. The average Bonchev–Trinajstić information content (AvgIpc) is 2.82. The van der Waals surface area contributed by atoms with Crippen LogP contribution in [0.5, 0.6) is 0 Å². The zero-order valence-electron chi connectivity index (χ0n) is 17.0. The first-order valence-corrected chi connectivity index (χ1v) is 11.6. The van der Waals surface area contributed by atoms with Gasteiger partial charge in [0.25, 0.3) is 0 Å². The summed E-state index contributed by atoms with van der Waals surface area (Å²) in [6.45, 7) is 0. The number of aromatic carboxylic acids is 2. The van der Waals surface area contributed by atoms with Crippen LogP contribution in [0.2, 0.25) is 0 Å². The number of aromatic amines is 2. The number of carboxylic acids is 2. The zero-order chi connectivity index (χ0) is 23.7. The van der Waals surface area contributed by atoms with Crippen molar-refractivity contribution in [3.8, 4) is 0 Å². The van der Waals surface area contributed by atoms with Gasteiger partial charge in [-0.1, -0.05) is 0 Å². The van der Waals surface area contributed by atoms with Gasteiger partial charge in [-0.15, -0.1) is 22.7 Å². The van der Waals surface area contributed by atoms with Gasteiger partial charge >= 0.3 is 11.9 Å². The van der Waals surface area contributed by atoms with E-state index in [-0.39, 0.29) is 32.8 Å². The Morgan fingerprint density at radius 2 is 1.06 bits per heavy atom. The topological polar surface area (TPSA) is 140 Å². The normalized spacial score (nSPS) is 11.6. The molecule has 10 heteroatoms. The van der Waals surface area contributed by atoms with E-state index in [0.29, 0.717) is 40.9 Å². The van der Waals surface area contributed by atoms with Gasteiger partial charge in [0.15, 0.2) is 10.9 Å². The van der Waals surface area contributed by atoms with E-state index in [1.165, 1.54) is 46.9 Å². The molecule has 166 valence electrons. The van der Waals surface area contributed by atoms with Crippen molar-refractivity contribution in [3.63, 3.8) is 0 Å². The molecule has 0 spiro atoms. The molecule has 4 aromatic carbocycles. The van der Waals surface area contributed by atoms with Crippen LogP contribution in [0.3, 0.4) is 0 Å². The third kappa shape index (κ3) is 2.89. The molecule has 0 aliphatic carbocycles. The summed E-state index contributed by atoms with van der Waals surface area (Å²) in [5, 5.41) is 19.3. The molecular formula is C24H12N2O6S2. The molecule has 8 nitrogen and oxygen atoms in total. The molecule has 0 bridgehead atoms. The molecule has 0 saturated heterocycles. The van der Waals surface area contributed by atoms with Gasteiger partial charge in [0.05, 0.1) is 62.8 Å². The summed E-state index contributed by atoms with van der Waals surface area (Å²) in [6.07, 6.45) is 0. The van der Waals surface area contributed by atoms with E-state index in [4.69, 9.17) is 0 Å². The third-order valence-corrected chi connectivity index (χ3v) is 8.16. The summed E-state index contributed by atoms with van der Waals surface area (Å²) >= 11 is 2.60. The Kier molecular flexibility index (Phi) is 4.25. The summed E-state index contributed by atoms with van der Waals surface area (Å²) in [5.41, 5.74) is 1.83. The van der Waals surface area contributed by atoms with Gasteiger partial charge < -0.3 is 20.2 Å². The minimum absolute atomic E-state index is 0.125. The number of rotatable bonds is 2. The van der Waals surface area contributed by atoms with Crippen molar-refractivity contribution >= 4 is 86.3 Å². The van der Waals surface area contributed by atoms with Crippen molar-refractivity contribution in [1.29, 1.82) is 0 Å². The molecule has 0 aliphatic heterocycles. The van der Waals surface area contributed by atoms with Gasteiger partial charge in [-0.05, 0) is 48.5 Å². The molecule has 0 saturated carbocycles. The molecule has 0 unspecified atom stereocenters. The molecule has 2 heterocycles. The lowest BCUT2D eigenvalue weighted by molar-refractivity contribution is 0.0686. The van der Waals surface area contributed by atoms with Crippen LogP contribution in [0.4, 0.5) is 0 Å². The second kappa shape index (κ2) is 7.11. The standard InChI is InChI=1S/C24H12N2O6S2/c27-13-5-6-14(28)18-17(13)19-21(33-15-7-9(23(29)30)1-3-11(15)25-19)22-20(18)26-12-4-2-10(24(31)32)8-16(12)34-22/h1-8,25-26H,(H,29,30)(H,31,32). The highest BCUT2D eigenvalue weighted by Gasteiger charge is 2.18. The summed E-state index contributed by atoms with van der Waals surface area (Å²) < 4.78 is 2.63.